The molecule has 0 spiro atoms. The number of hydrogen-bond acceptors (Lipinski definition) is 2. The van der Waals surface area contributed by atoms with E-state index in [-0.39, 0.29) is 14.9 Å². The first-order valence-electron chi connectivity index (χ1n) is 8.41. The first-order chi connectivity index (χ1) is 10.0. The molecule has 0 bridgehead atoms. The summed E-state index contributed by atoms with van der Waals surface area (Å²) in [5.74, 6) is 0. The molecule has 0 rings (SSSR count). The van der Waals surface area contributed by atoms with Crippen LogP contribution in [0.5, 0.6) is 0 Å². The van der Waals surface area contributed by atoms with Crippen molar-refractivity contribution in [3.05, 3.63) is 0 Å². The number of hydrogen-bond donors (Lipinski definition) is 0. The molecule has 0 aliphatic heterocycles. The van der Waals surface area contributed by atoms with Gasteiger partial charge in [-0.2, -0.15) is 0 Å². The molecule has 0 N–H and O–H groups in total. The molecular formula is C18H58P2S2. The average Bonchev–Trinajstić information content (AvgIpc) is 2.71. The molecule has 0 heterocycles. The van der Waals surface area contributed by atoms with E-state index in [4.69, 9.17) is 0 Å². The van der Waals surface area contributed by atoms with E-state index >= 15 is 0 Å². The normalized spacial score (nSPS) is 2.55. The van der Waals surface area contributed by atoms with Crippen molar-refractivity contribution in [3.63, 3.8) is 0 Å². The van der Waals surface area contributed by atoms with E-state index in [0.717, 1.165) is 0 Å². The van der Waals surface area contributed by atoms with Gasteiger partial charge in [0.15, 0.2) is 0 Å². The second kappa shape index (κ2) is 9020. The molecule has 4 heteroatoms. The minimum Gasteiger partial charge on any atom is -0.0776 e. The van der Waals surface area contributed by atoms with Crippen LogP contribution in [0.15, 0.2) is 0 Å². The third kappa shape index (κ3) is 7810. The zero-order valence-corrected chi connectivity index (χ0v) is 21.4. The monoisotopic (exact) mass is 400 g/mol. The van der Waals surface area contributed by atoms with Gasteiger partial charge in [0.1, 0.15) is 0 Å². The lowest BCUT2D eigenvalue weighted by molar-refractivity contribution is 1.50. The van der Waals surface area contributed by atoms with E-state index in [1.807, 2.05) is 111 Å². The largest absolute Gasteiger partial charge is 0.0776 e. The zero-order chi connectivity index (χ0) is 20.0. The summed E-state index contributed by atoms with van der Waals surface area (Å²) in [6.45, 7) is 32.0. The summed E-state index contributed by atoms with van der Waals surface area (Å²) in [4.78, 5) is 0. The Morgan fingerprint density at radius 1 is 0.273 bits per heavy atom. The Hall–Kier alpha value is 1.04. The highest BCUT2D eigenvalue weighted by atomic mass is 32.4. The Labute approximate surface area is 165 Å². The van der Waals surface area contributed by atoms with Crippen molar-refractivity contribution < 1.29 is 0 Å². The van der Waals surface area contributed by atoms with Crippen LogP contribution < -0.4 is 0 Å². The maximum Gasteiger partial charge on any atom is -0.0437 e. The summed E-state index contributed by atoms with van der Waals surface area (Å²) in [7, 11) is 5.11. The van der Waals surface area contributed by atoms with Gasteiger partial charge in [0, 0.05) is 0 Å². The van der Waals surface area contributed by atoms with Gasteiger partial charge in [-0.05, 0) is 16.0 Å². The molecule has 0 saturated carbocycles. The van der Waals surface area contributed by atoms with Gasteiger partial charge in [-0.3, -0.25) is 0 Å². The maximum absolute atomic E-state index is 3.89. The molecule has 0 aromatic rings. The molecule has 0 atom stereocenters. The van der Waals surface area contributed by atoms with Gasteiger partial charge in [-0.1, -0.05) is 149 Å². The highest BCUT2D eigenvalue weighted by Gasteiger charge is 0.946. The average molecular weight is 401 g/mol. The molecule has 22 heavy (non-hydrogen) atoms. The summed E-state index contributed by atoms with van der Waals surface area (Å²) in [6, 6.07) is 0. The van der Waals surface area contributed by atoms with Gasteiger partial charge in [0.2, 0.25) is 0 Å². The molecule has 0 radical (unpaired) electrons. The molecule has 0 fully saturated rings. The van der Waals surface area contributed by atoms with Crippen molar-refractivity contribution in [2.45, 2.75) is 126 Å². The molecule has 0 aliphatic rings. The smallest absolute Gasteiger partial charge is 0.0437 e. The van der Waals surface area contributed by atoms with Gasteiger partial charge in [-0.15, -0.1) is 0 Å². The Bertz CT molecular complexity index is 21.0. The number of rotatable bonds is 0. The third-order valence-corrected chi connectivity index (χ3v) is 0. The topological polar surface area (TPSA) is 0 Å². The highest BCUT2D eigenvalue weighted by molar-refractivity contribution is 7.89. The van der Waals surface area contributed by atoms with Crippen molar-refractivity contribution in [3.8, 4) is 0 Å². The minimum absolute atomic E-state index is 0. The molecule has 0 aromatic heterocycles. The van der Waals surface area contributed by atoms with Crippen LogP contribution >= 0.6 is 16.0 Å². The molecule has 0 nitrogen and oxygen atoms in total. The van der Waals surface area contributed by atoms with Crippen molar-refractivity contribution in [1.29, 1.82) is 0 Å². The SMILES string of the molecule is C.C.CC.CC.CC.CC.CC.CC.CC.CC.P=S.P=S. The van der Waals surface area contributed by atoms with Crippen LogP contribution in [0, 0.1) is 0 Å². The van der Waals surface area contributed by atoms with Gasteiger partial charge >= 0.3 is 0 Å². The van der Waals surface area contributed by atoms with Crippen LogP contribution in [0.3, 0.4) is 0 Å². The quantitative estimate of drug-likeness (QED) is 0.371. The summed E-state index contributed by atoms with van der Waals surface area (Å²) < 4.78 is 0. The summed E-state index contributed by atoms with van der Waals surface area (Å²) in [6.07, 6.45) is 0. The highest BCUT2D eigenvalue weighted by Crippen LogP contribution is 1.26. The zero-order valence-electron chi connectivity index (χ0n) is 17.8. The van der Waals surface area contributed by atoms with Crippen LogP contribution in [-0.2, 0) is 23.6 Å². The Morgan fingerprint density at radius 3 is 0.273 bits per heavy atom. The van der Waals surface area contributed by atoms with Gasteiger partial charge in [0.05, 0.1) is 0 Å². The van der Waals surface area contributed by atoms with E-state index in [9.17, 15) is 0 Å². The first-order valence-corrected chi connectivity index (χ1v) is 11.7. The van der Waals surface area contributed by atoms with E-state index in [1.54, 1.807) is 0 Å². The van der Waals surface area contributed by atoms with Gasteiger partial charge < -0.3 is 0 Å². The third-order valence-electron chi connectivity index (χ3n) is 0. The second-order valence-corrected chi connectivity index (χ2v) is 0. The first kappa shape index (κ1) is 91.8. The molecule has 0 amide bonds. The maximum atomic E-state index is 3.89. The fourth-order valence-electron chi connectivity index (χ4n) is 0. The Morgan fingerprint density at radius 2 is 0.273 bits per heavy atom. The molecule has 0 aliphatic carbocycles. The van der Waals surface area contributed by atoms with E-state index in [0.29, 0.717) is 0 Å². The summed E-state index contributed by atoms with van der Waals surface area (Å²) >= 11 is 7.78. The van der Waals surface area contributed by atoms with E-state index in [1.165, 1.54) is 0 Å². The fraction of sp³-hybridized carbons (Fsp3) is 1.00. The summed E-state index contributed by atoms with van der Waals surface area (Å²) in [5.41, 5.74) is 0. The predicted molar refractivity (Wildman–Crippen MR) is 136 cm³/mol. The predicted octanol–water partition coefficient (Wildman–Crippen LogP) is 10.7. The lowest BCUT2D eigenvalue weighted by Crippen LogP contribution is -0.856. The van der Waals surface area contributed by atoms with Crippen molar-refractivity contribution >= 4 is 39.6 Å². The van der Waals surface area contributed by atoms with Gasteiger partial charge in [0.25, 0.3) is 0 Å². The van der Waals surface area contributed by atoms with Crippen LogP contribution in [-0.4, -0.2) is 0 Å². The van der Waals surface area contributed by atoms with Crippen LogP contribution in [0.4, 0.5) is 0 Å². The lowest BCUT2D eigenvalue weighted by atomic mass is 11.0. The Kier molecular flexibility index (Phi) is 37700. The summed E-state index contributed by atoms with van der Waals surface area (Å²) in [5, 5.41) is 0. The van der Waals surface area contributed by atoms with E-state index in [2.05, 4.69) is 39.6 Å². The van der Waals surface area contributed by atoms with Gasteiger partial charge in [-0.25, -0.2) is 0 Å². The fourth-order valence-corrected chi connectivity index (χ4v) is 0. The molecular weight excluding hydrogens is 342 g/mol. The van der Waals surface area contributed by atoms with E-state index < -0.39 is 0 Å². The molecule has 0 aromatic carbocycles. The van der Waals surface area contributed by atoms with Crippen LogP contribution in [0.1, 0.15) is 126 Å². The van der Waals surface area contributed by atoms with Crippen LogP contribution in [0.2, 0.25) is 0 Å². The standard InChI is InChI=1S/8C2H6.2CH4.2HPS/c8*1-2;;;2*1-2/h8*1-2H3;2*1H4;2*1H. The second-order valence-electron chi connectivity index (χ2n) is 0. The van der Waals surface area contributed by atoms with Crippen molar-refractivity contribution in [2.24, 2.45) is 0 Å². The van der Waals surface area contributed by atoms with Crippen molar-refractivity contribution in [2.75, 3.05) is 0 Å². The minimum atomic E-state index is 0. The molecule has 152 valence electrons. The molecule has 0 unspecified atom stereocenters. The molecule has 0 saturated heterocycles. The Balaban J connectivity index is -0.00000000500. The van der Waals surface area contributed by atoms with Crippen molar-refractivity contribution in [1.82, 2.24) is 0 Å². The lowest BCUT2D eigenvalue weighted by Gasteiger charge is -1.07. The van der Waals surface area contributed by atoms with Crippen LogP contribution in [0.25, 0.3) is 0 Å².